The van der Waals surface area contributed by atoms with Crippen molar-refractivity contribution in [3.63, 3.8) is 0 Å². The lowest BCUT2D eigenvalue weighted by atomic mass is 10.0. The summed E-state index contributed by atoms with van der Waals surface area (Å²) in [6.07, 6.45) is 0.291. The van der Waals surface area contributed by atoms with Crippen LogP contribution in [0.25, 0.3) is 0 Å². The number of anilines is 3. The van der Waals surface area contributed by atoms with Crippen LogP contribution in [0.3, 0.4) is 0 Å². The first-order chi connectivity index (χ1) is 14.3. The molecule has 0 saturated carbocycles. The maximum Gasteiger partial charge on any atom is 0.421 e. The molecular formula is C19H26F3N7O. The van der Waals surface area contributed by atoms with Crippen molar-refractivity contribution in [3.8, 4) is 0 Å². The van der Waals surface area contributed by atoms with Gasteiger partial charge in [0.2, 0.25) is 5.95 Å². The van der Waals surface area contributed by atoms with Gasteiger partial charge in [-0.2, -0.15) is 23.3 Å². The fraction of sp³-hybridized carbons (Fsp3) is 0.632. The molecule has 2 aliphatic rings. The zero-order valence-corrected chi connectivity index (χ0v) is 17.0. The smallest absolute Gasteiger partial charge is 0.378 e. The fourth-order valence-electron chi connectivity index (χ4n) is 3.83. The molecule has 2 aromatic rings. The van der Waals surface area contributed by atoms with Crippen LogP contribution >= 0.6 is 0 Å². The van der Waals surface area contributed by atoms with E-state index in [1.165, 1.54) is 0 Å². The maximum absolute atomic E-state index is 13.2. The molecule has 1 unspecified atom stereocenters. The van der Waals surface area contributed by atoms with E-state index in [0.29, 0.717) is 18.3 Å². The predicted octanol–water partition coefficient (Wildman–Crippen LogP) is 3.21. The van der Waals surface area contributed by atoms with Gasteiger partial charge in [-0.25, -0.2) is 4.98 Å². The molecule has 0 aromatic carbocycles. The number of nitrogens with zero attached hydrogens (tertiary/aromatic N) is 5. The number of halogens is 3. The van der Waals surface area contributed by atoms with Gasteiger partial charge in [-0.05, 0) is 33.2 Å². The topological polar surface area (TPSA) is 80.1 Å². The molecule has 11 heteroatoms. The number of hydrogen-bond acceptors (Lipinski definition) is 7. The molecule has 0 bridgehead atoms. The molecule has 2 fully saturated rings. The third-order valence-electron chi connectivity index (χ3n) is 5.54. The highest BCUT2D eigenvalue weighted by Crippen LogP contribution is 2.34. The maximum atomic E-state index is 13.2. The van der Waals surface area contributed by atoms with Crippen LogP contribution in [0.2, 0.25) is 0 Å². The van der Waals surface area contributed by atoms with E-state index in [4.69, 9.17) is 4.74 Å². The van der Waals surface area contributed by atoms with Gasteiger partial charge in [0, 0.05) is 25.5 Å². The van der Waals surface area contributed by atoms with E-state index in [-0.39, 0.29) is 17.8 Å². The van der Waals surface area contributed by atoms with Gasteiger partial charge >= 0.3 is 6.18 Å². The van der Waals surface area contributed by atoms with Gasteiger partial charge in [0.15, 0.2) is 0 Å². The molecule has 4 heterocycles. The summed E-state index contributed by atoms with van der Waals surface area (Å²) in [7, 11) is 0. The molecule has 0 aliphatic carbocycles. The molecule has 30 heavy (non-hydrogen) atoms. The SMILES string of the molecule is CCNc1nc(Nc2cn(C3CCCN(C4COC4)C3)nc2C)ncc1C(F)(F)F. The predicted molar refractivity (Wildman–Crippen MR) is 106 cm³/mol. The van der Waals surface area contributed by atoms with Crippen LogP contribution in [-0.2, 0) is 10.9 Å². The van der Waals surface area contributed by atoms with Crippen LogP contribution in [0.1, 0.15) is 37.1 Å². The Morgan fingerprint density at radius 2 is 2.07 bits per heavy atom. The van der Waals surface area contributed by atoms with Gasteiger partial charge in [-0.15, -0.1) is 0 Å². The van der Waals surface area contributed by atoms with Crippen molar-refractivity contribution in [1.82, 2.24) is 24.6 Å². The van der Waals surface area contributed by atoms with Crippen LogP contribution in [0.4, 0.5) is 30.6 Å². The second kappa shape index (κ2) is 8.38. The van der Waals surface area contributed by atoms with E-state index in [1.807, 2.05) is 17.8 Å². The minimum absolute atomic E-state index is 0.0958. The van der Waals surface area contributed by atoms with E-state index in [9.17, 15) is 13.2 Å². The van der Waals surface area contributed by atoms with Crippen molar-refractivity contribution >= 4 is 17.5 Å². The largest absolute Gasteiger partial charge is 0.421 e. The van der Waals surface area contributed by atoms with Gasteiger partial charge in [-0.3, -0.25) is 9.58 Å². The summed E-state index contributed by atoms with van der Waals surface area (Å²) in [5.74, 6) is -0.142. The molecule has 4 rings (SSSR count). The molecule has 1 atom stereocenters. The quantitative estimate of drug-likeness (QED) is 0.736. The lowest BCUT2D eigenvalue weighted by Gasteiger charge is -2.42. The number of ether oxygens (including phenoxy) is 1. The third-order valence-corrected chi connectivity index (χ3v) is 5.54. The van der Waals surface area contributed by atoms with Crippen LogP contribution in [0, 0.1) is 6.92 Å². The van der Waals surface area contributed by atoms with Crippen molar-refractivity contribution in [1.29, 1.82) is 0 Å². The van der Waals surface area contributed by atoms with Crippen LogP contribution in [0.15, 0.2) is 12.4 Å². The number of aromatic nitrogens is 4. The van der Waals surface area contributed by atoms with Gasteiger partial charge in [0.25, 0.3) is 0 Å². The van der Waals surface area contributed by atoms with Crippen molar-refractivity contribution in [2.24, 2.45) is 0 Å². The van der Waals surface area contributed by atoms with Gasteiger partial charge in [0.05, 0.1) is 36.7 Å². The number of aryl methyl sites for hydroxylation is 1. The second-order valence-corrected chi connectivity index (χ2v) is 7.70. The first-order valence-corrected chi connectivity index (χ1v) is 10.2. The minimum Gasteiger partial charge on any atom is -0.378 e. The standard InChI is InChI=1S/C19H26F3N7O/c1-3-23-17-15(19(20,21)22)7-24-18(26-17)25-16-9-29(27-12(16)2)13-5-4-6-28(8-13)14-10-30-11-14/h7,9,13-14H,3-6,8,10-11H2,1-2H3,(H2,23,24,25,26). The summed E-state index contributed by atoms with van der Waals surface area (Å²) in [6.45, 7) is 7.45. The molecule has 2 aromatic heterocycles. The highest BCUT2D eigenvalue weighted by Gasteiger charge is 2.35. The highest BCUT2D eigenvalue weighted by molar-refractivity contribution is 5.58. The Hall–Kier alpha value is -2.40. The van der Waals surface area contributed by atoms with E-state index in [1.54, 1.807) is 6.92 Å². The highest BCUT2D eigenvalue weighted by atomic mass is 19.4. The zero-order chi connectivity index (χ0) is 21.3. The number of rotatable bonds is 6. The minimum atomic E-state index is -4.52. The van der Waals surface area contributed by atoms with Gasteiger partial charge in [0.1, 0.15) is 11.4 Å². The Bertz CT molecular complexity index is 881. The average molecular weight is 425 g/mol. The summed E-state index contributed by atoms with van der Waals surface area (Å²) in [5, 5.41) is 10.3. The fourth-order valence-corrected chi connectivity index (χ4v) is 3.83. The van der Waals surface area contributed by atoms with Crippen molar-refractivity contribution in [3.05, 3.63) is 23.7 Å². The normalized spacial score (nSPS) is 20.8. The third kappa shape index (κ3) is 4.36. The first-order valence-electron chi connectivity index (χ1n) is 10.2. The molecule has 2 aliphatic heterocycles. The molecule has 0 amide bonds. The van der Waals surface area contributed by atoms with Crippen molar-refractivity contribution in [2.75, 3.05) is 43.5 Å². The average Bonchev–Trinajstić information content (AvgIpc) is 3.01. The summed E-state index contributed by atoms with van der Waals surface area (Å²) in [5.41, 5.74) is 0.540. The Morgan fingerprint density at radius 3 is 2.73 bits per heavy atom. The summed E-state index contributed by atoms with van der Waals surface area (Å²) >= 11 is 0. The van der Waals surface area contributed by atoms with Gasteiger partial charge < -0.3 is 15.4 Å². The number of nitrogens with one attached hydrogen (secondary N) is 2. The Balaban J connectivity index is 1.50. The second-order valence-electron chi connectivity index (χ2n) is 7.70. The van der Waals surface area contributed by atoms with Gasteiger partial charge in [-0.1, -0.05) is 0 Å². The van der Waals surface area contributed by atoms with Crippen LogP contribution in [-0.4, -0.2) is 63.5 Å². The van der Waals surface area contributed by atoms with Crippen LogP contribution in [0.5, 0.6) is 0 Å². The summed E-state index contributed by atoms with van der Waals surface area (Å²) in [4.78, 5) is 10.3. The van der Waals surface area contributed by atoms with Crippen LogP contribution < -0.4 is 10.6 Å². The van der Waals surface area contributed by atoms with E-state index in [0.717, 1.165) is 51.0 Å². The number of piperidine rings is 1. The molecule has 2 saturated heterocycles. The Morgan fingerprint density at radius 1 is 1.27 bits per heavy atom. The van der Waals surface area contributed by atoms with E-state index in [2.05, 4.69) is 30.6 Å². The molecular weight excluding hydrogens is 399 g/mol. The monoisotopic (exact) mass is 425 g/mol. The zero-order valence-electron chi connectivity index (χ0n) is 17.0. The molecule has 0 radical (unpaired) electrons. The summed E-state index contributed by atoms with van der Waals surface area (Å²) in [6, 6.07) is 0.742. The number of likely N-dealkylation sites (tertiary alicyclic amines) is 1. The molecule has 8 nitrogen and oxygen atoms in total. The first kappa shape index (κ1) is 20.9. The lowest BCUT2D eigenvalue weighted by molar-refractivity contribution is -0.137. The molecule has 164 valence electrons. The van der Waals surface area contributed by atoms with E-state index < -0.39 is 11.7 Å². The van der Waals surface area contributed by atoms with Crippen molar-refractivity contribution in [2.45, 2.75) is 44.9 Å². The molecule has 2 N–H and O–H groups in total. The van der Waals surface area contributed by atoms with E-state index >= 15 is 0 Å². The molecule has 0 spiro atoms. The summed E-state index contributed by atoms with van der Waals surface area (Å²) < 4.78 is 46.7. The number of alkyl halides is 3. The Labute approximate surface area is 172 Å². The lowest BCUT2D eigenvalue weighted by Crippen LogP contribution is -2.52. The van der Waals surface area contributed by atoms with Crippen molar-refractivity contribution < 1.29 is 17.9 Å². The Kier molecular flexibility index (Phi) is 5.83. The number of hydrogen-bond donors (Lipinski definition) is 2.